The van der Waals surface area contributed by atoms with Crippen LogP contribution in [0.2, 0.25) is 0 Å². The van der Waals surface area contributed by atoms with Crippen LogP contribution in [0.1, 0.15) is 34.9 Å². The summed E-state index contributed by atoms with van der Waals surface area (Å²) in [6.45, 7) is 4.12. The van der Waals surface area contributed by atoms with Gasteiger partial charge in [-0.1, -0.05) is 44.2 Å². The highest BCUT2D eigenvalue weighted by molar-refractivity contribution is 7.10. The average Bonchev–Trinajstić information content (AvgIpc) is 3.19. The van der Waals surface area contributed by atoms with Crippen molar-refractivity contribution in [3.05, 3.63) is 58.1 Å². The second-order valence-electron chi connectivity index (χ2n) is 6.24. The Morgan fingerprint density at radius 3 is 2.50 bits per heavy atom. The van der Waals surface area contributed by atoms with E-state index in [0.29, 0.717) is 10.8 Å². The van der Waals surface area contributed by atoms with E-state index in [1.807, 2.05) is 44.2 Å². The van der Waals surface area contributed by atoms with Crippen LogP contribution >= 0.6 is 11.3 Å². The summed E-state index contributed by atoms with van der Waals surface area (Å²) in [4.78, 5) is 28.0. The van der Waals surface area contributed by atoms with Gasteiger partial charge in [-0.25, -0.2) is 14.6 Å². The van der Waals surface area contributed by atoms with Crippen molar-refractivity contribution in [2.75, 3.05) is 14.2 Å². The fraction of sp³-hybridized carbons (Fsp3) is 0.350. The molecule has 0 aliphatic carbocycles. The topological polar surface area (TPSA) is 86.8 Å². The molecule has 0 bridgehead atoms. The summed E-state index contributed by atoms with van der Waals surface area (Å²) in [5.74, 6) is 0.0256. The van der Waals surface area contributed by atoms with Crippen LogP contribution in [-0.4, -0.2) is 37.3 Å². The number of alkyl carbamates (subject to hydrolysis) is 1. The van der Waals surface area contributed by atoms with Gasteiger partial charge in [-0.05, 0) is 17.6 Å². The van der Waals surface area contributed by atoms with E-state index in [1.54, 1.807) is 11.5 Å². The molecule has 1 N–H and O–H groups in total. The third-order valence-corrected chi connectivity index (χ3v) is 4.73. The lowest BCUT2D eigenvalue weighted by Crippen LogP contribution is -2.37. The van der Waals surface area contributed by atoms with Crippen molar-refractivity contribution in [2.24, 2.45) is 5.92 Å². The zero-order chi connectivity index (χ0) is 20.5. The molecule has 1 aromatic carbocycles. The molecule has 8 heteroatoms. The lowest BCUT2D eigenvalue weighted by Gasteiger charge is -2.19. The Morgan fingerprint density at radius 1 is 1.18 bits per heavy atom. The van der Waals surface area contributed by atoms with Crippen molar-refractivity contribution in [3.8, 4) is 0 Å². The first-order valence-corrected chi connectivity index (χ1v) is 9.59. The number of carbonyl (C=O) groups excluding carboxylic acids is 2. The molecule has 7 nitrogen and oxygen atoms in total. The van der Waals surface area contributed by atoms with Gasteiger partial charge >= 0.3 is 12.1 Å². The van der Waals surface area contributed by atoms with E-state index in [2.05, 4.69) is 15.0 Å². The number of methoxy groups -OCH3 is 2. The monoisotopic (exact) mass is 404 g/mol. The number of amides is 1. The van der Waals surface area contributed by atoms with Gasteiger partial charge in [-0.2, -0.15) is 0 Å². The van der Waals surface area contributed by atoms with E-state index < -0.39 is 12.1 Å². The van der Waals surface area contributed by atoms with Crippen molar-refractivity contribution in [3.63, 3.8) is 0 Å². The van der Waals surface area contributed by atoms with Gasteiger partial charge < -0.3 is 19.5 Å². The third-order valence-electron chi connectivity index (χ3n) is 3.88. The molecule has 0 saturated carbocycles. The maximum atomic E-state index is 12.2. The first-order chi connectivity index (χ1) is 13.4. The Balaban J connectivity index is 2.07. The van der Waals surface area contributed by atoms with Crippen molar-refractivity contribution in [2.45, 2.75) is 26.5 Å². The van der Waals surface area contributed by atoms with Crippen molar-refractivity contribution >= 4 is 29.2 Å². The Labute approximate surface area is 168 Å². The summed E-state index contributed by atoms with van der Waals surface area (Å²) in [5, 5.41) is 4.95. The molecule has 0 fully saturated rings. The van der Waals surface area contributed by atoms with Crippen LogP contribution in [0.3, 0.4) is 0 Å². The molecule has 0 radical (unpaired) electrons. The molecule has 2 rings (SSSR count). The zero-order valence-corrected chi connectivity index (χ0v) is 17.1. The van der Waals surface area contributed by atoms with Gasteiger partial charge in [0.05, 0.1) is 20.3 Å². The lowest BCUT2D eigenvalue weighted by atomic mass is 10.0. The molecule has 0 saturated heterocycles. The minimum absolute atomic E-state index is 0.0782. The molecule has 28 heavy (non-hydrogen) atoms. The van der Waals surface area contributed by atoms with Crippen molar-refractivity contribution in [1.29, 1.82) is 0 Å². The van der Waals surface area contributed by atoms with Gasteiger partial charge in [0, 0.05) is 5.38 Å². The smallest absolute Gasteiger partial charge is 0.407 e. The normalized spacial score (nSPS) is 12.4. The Morgan fingerprint density at radius 2 is 1.89 bits per heavy atom. The number of ether oxygens (including phenoxy) is 3. The van der Waals surface area contributed by atoms with Gasteiger partial charge in [-0.3, -0.25) is 0 Å². The highest BCUT2D eigenvalue weighted by Gasteiger charge is 2.19. The minimum Gasteiger partial charge on any atom is -0.494 e. The predicted molar refractivity (Wildman–Crippen MR) is 107 cm³/mol. The number of carbonyl (C=O) groups is 2. The molecule has 2 aromatic rings. The summed E-state index contributed by atoms with van der Waals surface area (Å²) in [6.07, 6.45) is 1.23. The molecular weight excluding hydrogens is 380 g/mol. The van der Waals surface area contributed by atoms with Crippen LogP contribution in [0.5, 0.6) is 0 Å². The fourth-order valence-electron chi connectivity index (χ4n) is 2.28. The molecule has 150 valence electrons. The first-order valence-electron chi connectivity index (χ1n) is 8.71. The number of benzene rings is 1. The van der Waals surface area contributed by atoms with E-state index >= 15 is 0 Å². The SMILES string of the molecule is COC(=O)c1csc(/C(=C/[C@@H](NC(=O)OCc2ccccc2)C(C)C)OC)n1. The summed E-state index contributed by atoms with van der Waals surface area (Å²) in [6, 6.07) is 9.10. The summed E-state index contributed by atoms with van der Waals surface area (Å²) in [5.41, 5.74) is 1.12. The summed E-state index contributed by atoms with van der Waals surface area (Å²) >= 11 is 1.26. The van der Waals surface area contributed by atoms with Crippen molar-refractivity contribution in [1.82, 2.24) is 10.3 Å². The van der Waals surface area contributed by atoms with E-state index in [4.69, 9.17) is 9.47 Å². The van der Waals surface area contributed by atoms with Crippen LogP contribution < -0.4 is 5.32 Å². The van der Waals surface area contributed by atoms with E-state index in [9.17, 15) is 9.59 Å². The van der Waals surface area contributed by atoms with Gasteiger partial charge in [0.25, 0.3) is 0 Å². The average molecular weight is 404 g/mol. The number of esters is 1. The molecule has 1 heterocycles. The standard InChI is InChI=1S/C20H24N2O5S/c1-13(2)15(22-20(24)27-11-14-8-6-5-7-9-14)10-17(25-3)18-21-16(12-28-18)19(23)26-4/h5-10,12-13,15H,11H2,1-4H3,(H,22,24)/b17-10-/t15-/m1/s1. The predicted octanol–water partition coefficient (Wildman–Crippen LogP) is 3.87. The third kappa shape index (κ3) is 6.09. The molecular formula is C20H24N2O5S. The number of rotatable bonds is 8. The molecule has 1 amide bonds. The molecule has 1 atom stereocenters. The Hall–Kier alpha value is -2.87. The Kier molecular flexibility index (Phi) is 8.01. The summed E-state index contributed by atoms with van der Waals surface area (Å²) in [7, 11) is 2.81. The molecule has 0 aliphatic heterocycles. The lowest BCUT2D eigenvalue weighted by molar-refractivity contribution is 0.0595. The number of nitrogens with one attached hydrogen (secondary N) is 1. The highest BCUT2D eigenvalue weighted by Crippen LogP contribution is 2.22. The van der Waals surface area contributed by atoms with Gasteiger partial charge in [0.2, 0.25) is 0 Å². The summed E-state index contributed by atoms with van der Waals surface area (Å²) < 4.78 is 15.4. The number of thiazole rings is 1. The molecule has 0 spiro atoms. The maximum Gasteiger partial charge on any atom is 0.407 e. The number of hydrogen-bond donors (Lipinski definition) is 1. The molecule has 0 unspecified atom stereocenters. The van der Waals surface area contributed by atoms with E-state index in [1.165, 1.54) is 25.6 Å². The quantitative estimate of drug-likeness (QED) is 0.531. The van der Waals surface area contributed by atoms with E-state index in [0.717, 1.165) is 5.56 Å². The Bertz CT molecular complexity index is 817. The van der Waals surface area contributed by atoms with E-state index in [-0.39, 0.29) is 24.3 Å². The first kappa shape index (κ1) is 21.4. The largest absolute Gasteiger partial charge is 0.494 e. The minimum atomic E-state index is -0.524. The van der Waals surface area contributed by atoms with Crippen LogP contribution in [0.4, 0.5) is 4.79 Å². The fourth-order valence-corrected chi connectivity index (χ4v) is 3.07. The van der Waals surface area contributed by atoms with Crippen molar-refractivity contribution < 1.29 is 23.8 Å². The zero-order valence-electron chi connectivity index (χ0n) is 16.3. The van der Waals surface area contributed by atoms with Gasteiger partial charge in [-0.15, -0.1) is 11.3 Å². The number of hydrogen-bond acceptors (Lipinski definition) is 7. The van der Waals surface area contributed by atoms with Crippen LogP contribution in [0, 0.1) is 5.92 Å². The van der Waals surface area contributed by atoms with Crippen LogP contribution in [-0.2, 0) is 20.8 Å². The number of aromatic nitrogens is 1. The number of nitrogens with zero attached hydrogens (tertiary/aromatic N) is 1. The maximum absolute atomic E-state index is 12.2. The van der Waals surface area contributed by atoms with Crippen LogP contribution in [0.25, 0.3) is 5.76 Å². The van der Waals surface area contributed by atoms with Gasteiger partial charge in [0.15, 0.2) is 16.5 Å². The highest BCUT2D eigenvalue weighted by atomic mass is 32.1. The second-order valence-corrected chi connectivity index (χ2v) is 7.10. The van der Waals surface area contributed by atoms with Crippen LogP contribution in [0.15, 0.2) is 41.8 Å². The molecule has 0 aliphatic rings. The van der Waals surface area contributed by atoms with Gasteiger partial charge in [0.1, 0.15) is 6.61 Å². The molecule has 1 aromatic heterocycles. The second kappa shape index (κ2) is 10.5.